The van der Waals surface area contributed by atoms with Crippen LogP contribution in [0, 0.1) is 0 Å². The number of hydrogen-bond acceptors (Lipinski definition) is 4. The molecular weight excluding hydrogens is 272 g/mol. The fraction of sp³-hybridized carbons (Fsp3) is 0.714. The average Bonchev–Trinajstić information content (AvgIpc) is 2.53. The predicted octanol–water partition coefficient (Wildman–Crippen LogP) is 0.113. The van der Waals surface area contributed by atoms with E-state index in [9.17, 15) is 14.4 Å². The van der Waals surface area contributed by atoms with Crippen molar-refractivity contribution in [1.29, 1.82) is 0 Å². The van der Waals surface area contributed by atoms with E-state index in [0.717, 1.165) is 12.8 Å². The Labute approximate surface area is 124 Å². The molecule has 0 aliphatic carbocycles. The van der Waals surface area contributed by atoms with E-state index >= 15 is 0 Å². The number of piperazine rings is 1. The van der Waals surface area contributed by atoms with Crippen LogP contribution in [0.15, 0.2) is 5.10 Å². The molecule has 2 heterocycles. The molecule has 0 unspecified atom stereocenters. The van der Waals surface area contributed by atoms with Gasteiger partial charge in [0, 0.05) is 45.4 Å². The fourth-order valence-electron chi connectivity index (χ4n) is 2.46. The lowest BCUT2D eigenvalue weighted by molar-refractivity contribution is -0.136. The minimum Gasteiger partial charge on any atom is -0.339 e. The molecule has 2 rings (SSSR count). The van der Waals surface area contributed by atoms with Crippen molar-refractivity contribution in [3.8, 4) is 0 Å². The van der Waals surface area contributed by atoms with Gasteiger partial charge < -0.3 is 9.80 Å². The molecule has 1 saturated heterocycles. The highest BCUT2D eigenvalue weighted by Gasteiger charge is 2.27. The van der Waals surface area contributed by atoms with Crippen LogP contribution in [0.4, 0.5) is 0 Å². The van der Waals surface area contributed by atoms with E-state index in [1.165, 1.54) is 0 Å². The SMILES string of the molecule is CCCCC(=O)N1CCN(C(=O)C2=NNC(=O)CC2)CC1. The van der Waals surface area contributed by atoms with E-state index in [-0.39, 0.29) is 17.7 Å². The summed E-state index contributed by atoms with van der Waals surface area (Å²) in [5.41, 5.74) is 2.74. The maximum Gasteiger partial charge on any atom is 0.270 e. The van der Waals surface area contributed by atoms with Gasteiger partial charge in [-0.1, -0.05) is 13.3 Å². The Balaban J connectivity index is 1.82. The highest BCUT2D eigenvalue weighted by molar-refractivity contribution is 6.39. The van der Waals surface area contributed by atoms with Crippen molar-refractivity contribution >= 4 is 23.4 Å². The molecule has 0 aromatic heterocycles. The molecule has 116 valence electrons. The molecule has 0 bridgehead atoms. The van der Waals surface area contributed by atoms with Crippen molar-refractivity contribution in [2.24, 2.45) is 5.10 Å². The molecule has 0 spiro atoms. The van der Waals surface area contributed by atoms with Gasteiger partial charge in [0.2, 0.25) is 11.8 Å². The Morgan fingerprint density at radius 1 is 1.14 bits per heavy atom. The van der Waals surface area contributed by atoms with Crippen LogP contribution in [0.3, 0.4) is 0 Å². The molecule has 7 heteroatoms. The molecule has 0 radical (unpaired) electrons. The summed E-state index contributed by atoms with van der Waals surface area (Å²) in [7, 11) is 0. The van der Waals surface area contributed by atoms with Crippen LogP contribution in [0.1, 0.15) is 39.0 Å². The maximum absolute atomic E-state index is 12.2. The average molecular weight is 294 g/mol. The van der Waals surface area contributed by atoms with E-state index < -0.39 is 0 Å². The third-order valence-electron chi connectivity index (χ3n) is 3.82. The molecule has 0 aromatic carbocycles. The second-order valence-electron chi connectivity index (χ2n) is 5.37. The summed E-state index contributed by atoms with van der Waals surface area (Å²) in [5.74, 6) is -0.111. The molecule has 2 aliphatic heterocycles. The van der Waals surface area contributed by atoms with Crippen LogP contribution in [-0.4, -0.2) is 59.4 Å². The Hall–Kier alpha value is -1.92. The lowest BCUT2D eigenvalue weighted by Gasteiger charge is -2.35. The first kappa shape index (κ1) is 15.5. The fourth-order valence-corrected chi connectivity index (χ4v) is 2.46. The van der Waals surface area contributed by atoms with Gasteiger partial charge in [0.15, 0.2) is 0 Å². The highest BCUT2D eigenvalue weighted by atomic mass is 16.2. The summed E-state index contributed by atoms with van der Waals surface area (Å²) >= 11 is 0. The van der Waals surface area contributed by atoms with Crippen LogP contribution in [0.2, 0.25) is 0 Å². The Morgan fingerprint density at radius 2 is 1.81 bits per heavy atom. The first-order valence-electron chi connectivity index (χ1n) is 7.54. The van der Waals surface area contributed by atoms with E-state index in [2.05, 4.69) is 17.5 Å². The lowest BCUT2D eigenvalue weighted by Crippen LogP contribution is -2.52. The zero-order valence-corrected chi connectivity index (χ0v) is 12.4. The van der Waals surface area contributed by atoms with Crippen LogP contribution >= 0.6 is 0 Å². The van der Waals surface area contributed by atoms with Crippen LogP contribution < -0.4 is 5.43 Å². The van der Waals surface area contributed by atoms with Gasteiger partial charge in [-0.05, 0) is 6.42 Å². The van der Waals surface area contributed by atoms with Gasteiger partial charge in [-0.15, -0.1) is 0 Å². The number of hydrogen-bond donors (Lipinski definition) is 1. The Morgan fingerprint density at radius 3 is 2.38 bits per heavy atom. The Bertz CT molecular complexity index is 453. The number of amides is 3. The summed E-state index contributed by atoms with van der Waals surface area (Å²) in [5, 5.41) is 3.83. The molecule has 1 fully saturated rings. The van der Waals surface area contributed by atoms with Crippen LogP contribution in [-0.2, 0) is 14.4 Å². The molecule has 0 aromatic rings. The van der Waals surface area contributed by atoms with Crippen molar-refractivity contribution < 1.29 is 14.4 Å². The van der Waals surface area contributed by atoms with Gasteiger partial charge in [-0.2, -0.15) is 5.10 Å². The zero-order valence-electron chi connectivity index (χ0n) is 12.4. The molecule has 7 nitrogen and oxygen atoms in total. The number of hydrazone groups is 1. The molecule has 3 amide bonds. The third-order valence-corrected chi connectivity index (χ3v) is 3.82. The van der Waals surface area contributed by atoms with Crippen molar-refractivity contribution in [3.05, 3.63) is 0 Å². The van der Waals surface area contributed by atoms with Gasteiger partial charge in [0.05, 0.1) is 0 Å². The maximum atomic E-state index is 12.2. The predicted molar refractivity (Wildman–Crippen MR) is 77.5 cm³/mol. The number of nitrogens with zero attached hydrogens (tertiary/aromatic N) is 3. The van der Waals surface area contributed by atoms with E-state index in [4.69, 9.17) is 0 Å². The lowest BCUT2D eigenvalue weighted by atomic mass is 10.1. The normalized spacial score (nSPS) is 19.1. The zero-order chi connectivity index (χ0) is 15.2. The van der Waals surface area contributed by atoms with Gasteiger partial charge in [-0.3, -0.25) is 14.4 Å². The van der Waals surface area contributed by atoms with Crippen LogP contribution in [0.25, 0.3) is 0 Å². The molecule has 1 N–H and O–H groups in total. The van der Waals surface area contributed by atoms with Gasteiger partial charge >= 0.3 is 0 Å². The largest absolute Gasteiger partial charge is 0.339 e. The quantitative estimate of drug-likeness (QED) is 0.799. The van der Waals surface area contributed by atoms with Crippen molar-refractivity contribution in [1.82, 2.24) is 15.2 Å². The van der Waals surface area contributed by atoms with Gasteiger partial charge in [0.25, 0.3) is 5.91 Å². The molecule has 0 saturated carbocycles. The van der Waals surface area contributed by atoms with E-state index in [1.54, 1.807) is 4.90 Å². The van der Waals surface area contributed by atoms with Gasteiger partial charge in [-0.25, -0.2) is 5.43 Å². The number of carbonyl (C=O) groups is 3. The topological polar surface area (TPSA) is 82.1 Å². The number of unbranched alkanes of at least 4 members (excludes halogenated alkanes) is 1. The standard InChI is InChI=1S/C14H22N4O3/c1-2-3-4-13(20)17-7-9-18(10-8-17)14(21)11-5-6-12(19)16-15-11/h2-10H2,1H3,(H,16,19). The van der Waals surface area contributed by atoms with E-state index in [0.29, 0.717) is 51.2 Å². The van der Waals surface area contributed by atoms with E-state index in [1.807, 2.05) is 4.90 Å². The third kappa shape index (κ3) is 4.03. The number of nitrogens with one attached hydrogen (secondary N) is 1. The second kappa shape index (κ2) is 7.19. The van der Waals surface area contributed by atoms with Crippen molar-refractivity contribution in [2.45, 2.75) is 39.0 Å². The van der Waals surface area contributed by atoms with Crippen molar-refractivity contribution in [3.63, 3.8) is 0 Å². The smallest absolute Gasteiger partial charge is 0.270 e. The summed E-state index contributed by atoms with van der Waals surface area (Å²) in [6.07, 6.45) is 3.20. The molecule has 21 heavy (non-hydrogen) atoms. The van der Waals surface area contributed by atoms with Crippen LogP contribution in [0.5, 0.6) is 0 Å². The molecule has 2 aliphatic rings. The minimum absolute atomic E-state index is 0.129. The molecule has 0 atom stereocenters. The van der Waals surface area contributed by atoms with Crippen molar-refractivity contribution in [2.75, 3.05) is 26.2 Å². The summed E-state index contributed by atoms with van der Waals surface area (Å²) in [6.45, 7) is 4.28. The monoisotopic (exact) mass is 294 g/mol. The first-order valence-corrected chi connectivity index (χ1v) is 7.54. The molecular formula is C14H22N4O3. The summed E-state index contributed by atoms with van der Waals surface area (Å²) in [6, 6.07) is 0. The summed E-state index contributed by atoms with van der Waals surface area (Å²) in [4.78, 5) is 38.7. The Kier molecular flexibility index (Phi) is 5.30. The highest BCUT2D eigenvalue weighted by Crippen LogP contribution is 2.09. The number of rotatable bonds is 4. The number of carbonyl (C=O) groups excluding carboxylic acids is 3. The summed E-state index contributed by atoms with van der Waals surface area (Å²) < 4.78 is 0. The first-order chi connectivity index (χ1) is 10.1. The minimum atomic E-state index is -0.155. The van der Waals surface area contributed by atoms with Gasteiger partial charge in [0.1, 0.15) is 5.71 Å². The second-order valence-corrected chi connectivity index (χ2v) is 5.37.